The Bertz CT molecular complexity index is 284. The van der Waals surface area contributed by atoms with Crippen molar-refractivity contribution in [2.75, 3.05) is 0 Å². The van der Waals surface area contributed by atoms with Gasteiger partial charge in [-0.3, -0.25) is 0 Å². The van der Waals surface area contributed by atoms with Crippen molar-refractivity contribution in [2.24, 2.45) is 0 Å². The maximum atomic E-state index is 8.77. The molecule has 0 heterocycles. The Morgan fingerprint density at radius 2 is 2.00 bits per heavy atom. The predicted octanol–water partition coefficient (Wildman–Crippen LogP) is 3.36. The fourth-order valence-corrected chi connectivity index (χ4v) is 1.22. The van der Waals surface area contributed by atoms with Crippen molar-refractivity contribution in [1.29, 1.82) is 5.26 Å². The third kappa shape index (κ3) is 1.99. The van der Waals surface area contributed by atoms with E-state index >= 15 is 0 Å². The first kappa shape index (κ1) is 9.09. The summed E-state index contributed by atoms with van der Waals surface area (Å²) in [7, 11) is 0. The van der Waals surface area contributed by atoms with Crippen molar-refractivity contribution in [3.05, 3.63) is 34.9 Å². The van der Waals surface area contributed by atoms with E-state index in [9.17, 15) is 0 Å². The Balaban J connectivity index is 2.89. The lowest BCUT2D eigenvalue weighted by Crippen LogP contribution is -1.92. The third-order valence-corrected chi connectivity index (χ3v) is 2.09. The van der Waals surface area contributed by atoms with Crippen LogP contribution in [0.3, 0.4) is 0 Å². The van der Waals surface area contributed by atoms with Gasteiger partial charge in [0.05, 0.1) is 12.0 Å². The van der Waals surface area contributed by atoms with Crippen LogP contribution in [0.15, 0.2) is 24.3 Å². The van der Waals surface area contributed by atoms with Crippen molar-refractivity contribution in [3.63, 3.8) is 0 Å². The summed E-state index contributed by atoms with van der Waals surface area (Å²) in [5.41, 5.74) is 1.05. The van der Waals surface area contributed by atoms with Crippen LogP contribution in [0.2, 0.25) is 5.02 Å². The molecular weight excluding hydrogens is 170 g/mol. The van der Waals surface area contributed by atoms with E-state index in [2.05, 4.69) is 6.07 Å². The minimum atomic E-state index is 0.00210. The highest BCUT2D eigenvalue weighted by Gasteiger charge is 2.06. The summed E-state index contributed by atoms with van der Waals surface area (Å²) >= 11 is 5.72. The summed E-state index contributed by atoms with van der Waals surface area (Å²) < 4.78 is 0. The number of rotatable bonds is 2. The van der Waals surface area contributed by atoms with E-state index in [4.69, 9.17) is 16.9 Å². The Labute approximate surface area is 77.6 Å². The lowest BCUT2D eigenvalue weighted by molar-refractivity contribution is 0.818. The molecule has 0 unspecified atom stereocenters. The van der Waals surface area contributed by atoms with E-state index in [1.807, 2.05) is 31.2 Å². The summed E-state index contributed by atoms with van der Waals surface area (Å²) in [5, 5.41) is 9.48. The minimum Gasteiger partial charge on any atom is -0.198 e. The van der Waals surface area contributed by atoms with Gasteiger partial charge in [0.1, 0.15) is 0 Å². The summed E-state index contributed by atoms with van der Waals surface area (Å²) in [6, 6.07) is 9.68. The van der Waals surface area contributed by atoms with Crippen LogP contribution in [-0.2, 0) is 0 Å². The van der Waals surface area contributed by atoms with Crippen LogP contribution in [0.4, 0.5) is 0 Å². The van der Waals surface area contributed by atoms with Gasteiger partial charge in [-0.25, -0.2) is 0 Å². The number of nitrogens with zero attached hydrogens (tertiary/aromatic N) is 1. The molecule has 0 radical (unpaired) electrons. The second kappa shape index (κ2) is 4.13. The number of hydrogen-bond acceptors (Lipinski definition) is 1. The molecule has 1 rings (SSSR count). The fraction of sp³-hybridized carbons (Fsp3) is 0.300. The zero-order valence-electron chi connectivity index (χ0n) is 6.92. The molecule has 0 bridgehead atoms. The predicted molar refractivity (Wildman–Crippen MR) is 50.1 cm³/mol. The van der Waals surface area contributed by atoms with Gasteiger partial charge in [0.15, 0.2) is 0 Å². The zero-order chi connectivity index (χ0) is 8.97. The molecule has 12 heavy (non-hydrogen) atoms. The number of benzene rings is 1. The van der Waals surface area contributed by atoms with Gasteiger partial charge < -0.3 is 0 Å². The average molecular weight is 180 g/mol. The molecule has 2 heteroatoms. The van der Waals surface area contributed by atoms with Crippen molar-refractivity contribution in [3.8, 4) is 6.07 Å². The van der Waals surface area contributed by atoms with Crippen molar-refractivity contribution < 1.29 is 0 Å². The second-order valence-electron chi connectivity index (χ2n) is 2.64. The second-order valence-corrected chi connectivity index (χ2v) is 3.08. The van der Waals surface area contributed by atoms with Gasteiger partial charge in [-0.05, 0) is 24.1 Å². The van der Waals surface area contributed by atoms with Crippen LogP contribution in [0.1, 0.15) is 24.8 Å². The quantitative estimate of drug-likeness (QED) is 0.683. The fourth-order valence-electron chi connectivity index (χ4n) is 1.10. The normalized spacial score (nSPS) is 12.1. The molecule has 0 saturated heterocycles. The van der Waals surface area contributed by atoms with Crippen molar-refractivity contribution >= 4 is 11.6 Å². The van der Waals surface area contributed by atoms with E-state index < -0.39 is 0 Å². The summed E-state index contributed by atoms with van der Waals surface area (Å²) in [4.78, 5) is 0. The minimum absolute atomic E-state index is 0.00210. The molecule has 0 spiro atoms. The lowest BCUT2D eigenvalue weighted by Gasteiger charge is -2.04. The maximum absolute atomic E-state index is 8.77. The summed E-state index contributed by atoms with van der Waals surface area (Å²) in [6.45, 7) is 2.00. The molecule has 0 fully saturated rings. The van der Waals surface area contributed by atoms with Crippen LogP contribution >= 0.6 is 11.6 Å². The highest BCUT2D eigenvalue weighted by Crippen LogP contribution is 2.20. The molecule has 0 aromatic heterocycles. The number of halogens is 1. The van der Waals surface area contributed by atoms with Crippen LogP contribution in [0.5, 0.6) is 0 Å². The van der Waals surface area contributed by atoms with Gasteiger partial charge in [-0.2, -0.15) is 5.26 Å². The first-order valence-electron chi connectivity index (χ1n) is 3.93. The molecule has 1 nitrogen and oxygen atoms in total. The van der Waals surface area contributed by atoms with Crippen molar-refractivity contribution in [2.45, 2.75) is 19.3 Å². The molecule has 0 aliphatic carbocycles. The first-order chi connectivity index (χ1) is 5.77. The monoisotopic (exact) mass is 179 g/mol. The Kier molecular flexibility index (Phi) is 3.13. The van der Waals surface area contributed by atoms with Crippen LogP contribution < -0.4 is 0 Å². The highest BCUT2D eigenvalue weighted by atomic mass is 35.5. The zero-order valence-corrected chi connectivity index (χ0v) is 7.67. The standard InChI is InChI=1S/C10H10ClN/c1-2-8(7-12)9-3-5-10(11)6-4-9/h3-6,8H,2H2,1H3/t8-/m0/s1. The van der Waals surface area contributed by atoms with E-state index in [-0.39, 0.29) is 5.92 Å². The molecule has 62 valence electrons. The van der Waals surface area contributed by atoms with E-state index in [1.165, 1.54) is 0 Å². The maximum Gasteiger partial charge on any atom is 0.0710 e. The van der Waals surface area contributed by atoms with Crippen LogP contribution in [0.25, 0.3) is 0 Å². The number of nitriles is 1. The molecule has 0 saturated carbocycles. The lowest BCUT2D eigenvalue weighted by atomic mass is 9.98. The molecule has 1 aromatic rings. The molecule has 0 aliphatic heterocycles. The topological polar surface area (TPSA) is 23.8 Å². The van der Waals surface area contributed by atoms with E-state index in [0.29, 0.717) is 5.02 Å². The molecule has 1 aromatic carbocycles. The van der Waals surface area contributed by atoms with Crippen LogP contribution in [0, 0.1) is 11.3 Å². The molecule has 1 atom stereocenters. The molecule has 0 N–H and O–H groups in total. The molecular formula is C10H10ClN. The molecule has 0 aliphatic rings. The summed E-state index contributed by atoms with van der Waals surface area (Å²) in [5.74, 6) is 0.00210. The SMILES string of the molecule is CC[C@@H](C#N)c1ccc(Cl)cc1. The van der Waals surface area contributed by atoms with Crippen LogP contribution in [-0.4, -0.2) is 0 Å². The largest absolute Gasteiger partial charge is 0.198 e. The van der Waals surface area contributed by atoms with Crippen molar-refractivity contribution in [1.82, 2.24) is 0 Å². The third-order valence-electron chi connectivity index (χ3n) is 1.84. The Hall–Kier alpha value is -1.00. The summed E-state index contributed by atoms with van der Waals surface area (Å²) in [6.07, 6.45) is 0.845. The van der Waals surface area contributed by atoms with E-state index in [1.54, 1.807) is 0 Å². The van der Waals surface area contributed by atoms with Gasteiger partial charge in [0, 0.05) is 5.02 Å². The molecule has 0 amide bonds. The van der Waals surface area contributed by atoms with Gasteiger partial charge in [-0.15, -0.1) is 0 Å². The highest BCUT2D eigenvalue weighted by molar-refractivity contribution is 6.30. The van der Waals surface area contributed by atoms with Gasteiger partial charge in [0.2, 0.25) is 0 Å². The number of hydrogen-bond donors (Lipinski definition) is 0. The van der Waals surface area contributed by atoms with E-state index in [0.717, 1.165) is 12.0 Å². The van der Waals surface area contributed by atoms with Gasteiger partial charge >= 0.3 is 0 Å². The van der Waals surface area contributed by atoms with Gasteiger partial charge in [0.25, 0.3) is 0 Å². The Morgan fingerprint density at radius 3 is 2.42 bits per heavy atom. The smallest absolute Gasteiger partial charge is 0.0710 e. The first-order valence-corrected chi connectivity index (χ1v) is 4.30. The average Bonchev–Trinajstić information content (AvgIpc) is 2.10. The Morgan fingerprint density at radius 1 is 1.42 bits per heavy atom. The van der Waals surface area contributed by atoms with Gasteiger partial charge in [-0.1, -0.05) is 30.7 Å².